The van der Waals surface area contributed by atoms with E-state index in [-0.39, 0.29) is 62.6 Å². The molecule has 2 aromatic carbocycles. The molecule has 0 spiro atoms. The van der Waals surface area contributed by atoms with E-state index in [1.165, 1.54) is 0 Å². The summed E-state index contributed by atoms with van der Waals surface area (Å²) in [5.41, 5.74) is 20.7. The Balaban J connectivity index is 0.00000261. The number of halogens is 4. The van der Waals surface area contributed by atoms with E-state index in [1.54, 1.807) is 24.3 Å². The van der Waals surface area contributed by atoms with Crippen LogP contribution >= 0.6 is 0 Å². The topological polar surface area (TPSA) is 299 Å². The van der Waals surface area contributed by atoms with Crippen LogP contribution in [0, 0.1) is 0 Å². The number of aromatic nitrogens is 1. The Hall–Kier alpha value is -2.08. The van der Waals surface area contributed by atoms with Gasteiger partial charge in [-0.3, -0.25) is 4.79 Å². The van der Waals surface area contributed by atoms with Gasteiger partial charge in [0.2, 0.25) is 0 Å². The van der Waals surface area contributed by atoms with Crippen LogP contribution in [0.3, 0.4) is 0 Å². The van der Waals surface area contributed by atoms with Gasteiger partial charge in [-0.15, -0.1) is 0 Å². The smallest absolute Gasteiger partial charge is 0.252 e. The molecule has 0 bridgehead atoms. The quantitative estimate of drug-likeness (QED) is 0.0953. The highest BCUT2D eigenvalue weighted by Crippen LogP contribution is 2.32. The summed E-state index contributed by atoms with van der Waals surface area (Å²) in [4.78, 5) is 18.3. The van der Waals surface area contributed by atoms with Gasteiger partial charge in [0.1, 0.15) is 61.0 Å². The number of aliphatic hydroxyl groups is 7. The van der Waals surface area contributed by atoms with E-state index in [2.05, 4.69) is 5.32 Å². The van der Waals surface area contributed by atoms with Crippen LogP contribution in [-0.2, 0) is 18.9 Å². The van der Waals surface area contributed by atoms with Crippen molar-refractivity contribution in [1.29, 1.82) is 0 Å². The third-order valence-electron chi connectivity index (χ3n) is 9.74. The summed E-state index contributed by atoms with van der Waals surface area (Å²) in [6.45, 7) is -0.941. The molecule has 55 heavy (non-hydrogen) atoms. The molecule has 3 fully saturated rings. The monoisotopic (exact) mass is 855 g/mol. The van der Waals surface area contributed by atoms with Crippen molar-refractivity contribution in [3.8, 4) is 11.3 Å². The summed E-state index contributed by atoms with van der Waals surface area (Å²) in [7, 11) is 0. The van der Waals surface area contributed by atoms with Gasteiger partial charge >= 0.3 is 0 Å². The Morgan fingerprint density at radius 2 is 1.29 bits per heavy atom. The molecule has 3 aromatic rings. The summed E-state index contributed by atoms with van der Waals surface area (Å²) in [6.07, 6.45) is -17.9. The Labute approximate surface area is 341 Å². The lowest BCUT2D eigenvalue weighted by Gasteiger charge is -2.48. The van der Waals surface area contributed by atoms with Crippen LogP contribution in [0.2, 0.25) is 0 Å². The van der Waals surface area contributed by atoms with Gasteiger partial charge in [-0.25, -0.2) is 4.98 Å². The van der Waals surface area contributed by atoms with E-state index >= 15 is 0 Å². The highest BCUT2D eigenvalue weighted by atomic mass is 35.5. The number of hydrogen-bond acceptors (Lipinski definition) is 16. The van der Waals surface area contributed by atoms with Crippen molar-refractivity contribution in [3.63, 3.8) is 0 Å². The standard InChI is InChI=1S/C34H45N5O12.4ClH/c35-17-11-18(36)31(29(46)30(17)50-33-26(43)23(37)24(41)22(13-40)49-33)51-34-28(45)27(44)25(42)21(48-34)12-38-32(47)16-10-20(14-6-2-1-3-7-14)39-19-9-5-4-8-15(16)19;;;;/h1-10,17-18,21-31,33-34,40-46H,11-13,35-37H2,(H,38,47);4*1H/p-4/t17?,18?,21?,22-,23-,24?,25-,26-,27+,28?,29-,30-,31?,33?,34-;;;;/m1..../s1. The van der Waals surface area contributed by atoms with E-state index in [0.29, 0.717) is 22.2 Å². The number of rotatable bonds is 9. The molecule has 14 N–H and O–H groups in total. The zero-order chi connectivity index (χ0) is 36.6. The van der Waals surface area contributed by atoms with Gasteiger partial charge in [0.05, 0.1) is 29.4 Å². The summed E-state index contributed by atoms with van der Waals surface area (Å²) < 4.78 is 23.1. The molecule has 0 radical (unpaired) electrons. The molecular formula is C34H45Cl4N5O12-4. The maximum atomic E-state index is 13.6. The fraction of sp³-hybridized carbons (Fsp3) is 0.529. The van der Waals surface area contributed by atoms with Crippen molar-refractivity contribution in [3.05, 3.63) is 66.2 Å². The first-order valence-electron chi connectivity index (χ1n) is 16.7. The van der Waals surface area contributed by atoms with Crippen LogP contribution in [-0.4, -0.2) is 152 Å². The molecule has 2 saturated heterocycles. The minimum Gasteiger partial charge on any atom is -1.00 e. The van der Waals surface area contributed by atoms with Crippen LogP contribution in [0.15, 0.2) is 60.7 Å². The largest absolute Gasteiger partial charge is 1.00 e. The van der Waals surface area contributed by atoms with E-state index in [4.69, 9.17) is 41.1 Å². The molecule has 7 unspecified atom stereocenters. The maximum absolute atomic E-state index is 13.6. The Bertz CT molecular complexity index is 1660. The van der Waals surface area contributed by atoms with Gasteiger partial charge in [-0.2, -0.15) is 0 Å². The third-order valence-corrected chi connectivity index (χ3v) is 9.74. The molecule has 1 amide bonds. The van der Waals surface area contributed by atoms with Crippen LogP contribution in [0.25, 0.3) is 22.2 Å². The second-order valence-corrected chi connectivity index (χ2v) is 13.2. The molecular weight excluding hydrogens is 812 g/mol. The highest BCUT2D eigenvalue weighted by Gasteiger charge is 2.51. The first-order valence-corrected chi connectivity index (χ1v) is 16.7. The first-order chi connectivity index (χ1) is 24.4. The normalized spacial score (nSPS) is 35.9. The number of amides is 1. The SMILES string of the molecule is NC1CC(N)[C@@H](OC2O[C@H](CO)C(O)[C@@H](N)[C@H]2O)[C@@H](O)C1O[C@H]1OC(CNC(=O)c2cc(-c3ccccc3)nc3ccccc23)[C@@H](O)[C@H](O)C1O.[Cl-].[Cl-].[Cl-].[Cl-]. The molecule has 3 heterocycles. The molecule has 310 valence electrons. The zero-order valence-corrected chi connectivity index (χ0v) is 31.9. The molecule has 1 aromatic heterocycles. The minimum absolute atomic E-state index is 0. The van der Waals surface area contributed by atoms with Crippen LogP contribution in [0.5, 0.6) is 0 Å². The van der Waals surface area contributed by atoms with Crippen LogP contribution in [0.4, 0.5) is 0 Å². The van der Waals surface area contributed by atoms with Crippen molar-refractivity contribution in [2.24, 2.45) is 17.2 Å². The Kier molecular flexibility index (Phi) is 18.8. The number of nitrogens with two attached hydrogens (primary N) is 3. The van der Waals surface area contributed by atoms with E-state index in [9.17, 15) is 40.5 Å². The summed E-state index contributed by atoms with van der Waals surface area (Å²) in [5, 5.41) is 77.3. The van der Waals surface area contributed by atoms with Gasteiger partial charge in [-0.1, -0.05) is 48.5 Å². The van der Waals surface area contributed by atoms with Crippen LogP contribution in [0.1, 0.15) is 16.8 Å². The van der Waals surface area contributed by atoms with Crippen LogP contribution < -0.4 is 72.1 Å². The molecule has 17 nitrogen and oxygen atoms in total. The number of hydrogen-bond donors (Lipinski definition) is 11. The van der Waals surface area contributed by atoms with E-state index in [1.807, 2.05) is 36.4 Å². The van der Waals surface area contributed by atoms with Crippen molar-refractivity contribution in [1.82, 2.24) is 10.3 Å². The van der Waals surface area contributed by atoms with Crippen molar-refractivity contribution in [2.75, 3.05) is 13.2 Å². The van der Waals surface area contributed by atoms with Gasteiger partial charge in [0.25, 0.3) is 5.91 Å². The number of fused-ring (bicyclic) bond motifs is 1. The predicted octanol–water partition coefficient (Wildman–Crippen LogP) is -15.6. The third kappa shape index (κ3) is 10.3. The van der Waals surface area contributed by atoms with Crippen molar-refractivity contribution >= 4 is 16.8 Å². The molecule has 6 rings (SSSR count). The Morgan fingerprint density at radius 1 is 0.727 bits per heavy atom. The number of nitrogens with zero attached hydrogens (tertiary/aromatic N) is 1. The minimum atomic E-state index is -1.80. The fourth-order valence-corrected chi connectivity index (χ4v) is 6.78. The summed E-state index contributed by atoms with van der Waals surface area (Å²) in [5.74, 6) is -0.513. The number of ether oxygens (including phenoxy) is 4. The van der Waals surface area contributed by atoms with Crippen molar-refractivity contribution in [2.45, 2.75) is 98.2 Å². The molecule has 1 saturated carbocycles. The van der Waals surface area contributed by atoms with Gasteiger partial charge < -0.3 is 127 Å². The fourth-order valence-electron chi connectivity index (χ4n) is 6.78. The average molecular weight is 858 g/mol. The maximum Gasteiger partial charge on any atom is 0.252 e. The second kappa shape index (κ2) is 21.1. The molecule has 15 atom stereocenters. The lowest BCUT2D eigenvalue weighted by Crippen LogP contribution is -3.00. The van der Waals surface area contributed by atoms with Gasteiger partial charge in [-0.05, 0) is 18.6 Å². The first kappa shape index (κ1) is 49.1. The number of aliphatic hydroxyl groups excluding tert-OH is 7. The number of benzene rings is 2. The average Bonchev–Trinajstić information content (AvgIpc) is 3.14. The number of nitrogens with one attached hydrogen (secondary N) is 1. The number of para-hydroxylation sites is 1. The molecule has 21 heteroatoms. The van der Waals surface area contributed by atoms with E-state index < -0.39 is 104 Å². The molecule has 3 aliphatic rings. The van der Waals surface area contributed by atoms with Gasteiger partial charge in [0, 0.05) is 29.6 Å². The van der Waals surface area contributed by atoms with Gasteiger partial charge in [0.15, 0.2) is 12.6 Å². The number of pyridine rings is 1. The lowest BCUT2D eigenvalue weighted by atomic mass is 9.84. The van der Waals surface area contributed by atoms with E-state index in [0.717, 1.165) is 5.56 Å². The van der Waals surface area contributed by atoms with Crippen molar-refractivity contribution < 1.29 is 109 Å². The lowest BCUT2D eigenvalue weighted by molar-refractivity contribution is -0.332. The molecule has 1 aliphatic carbocycles. The summed E-state index contributed by atoms with van der Waals surface area (Å²) in [6, 6.07) is 15.0. The molecule has 2 aliphatic heterocycles. The Morgan fingerprint density at radius 3 is 1.91 bits per heavy atom. The highest BCUT2D eigenvalue weighted by molar-refractivity contribution is 6.07. The predicted molar refractivity (Wildman–Crippen MR) is 178 cm³/mol. The zero-order valence-electron chi connectivity index (χ0n) is 28.9. The number of carbonyl (C=O) groups excluding carboxylic acids is 1. The second-order valence-electron chi connectivity index (χ2n) is 13.2. The summed E-state index contributed by atoms with van der Waals surface area (Å²) >= 11 is 0. The number of carbonyl (C=O) groups is 1.